The predicted molar refractivity (Wildman–Crippen MR) is 139 cm³/mol. The van der Waals surface area contributed by atoms with E-state index in [-0.39, 0.29) is 18.2 Å². The molecule has 0 spiro atoms. The highest BCUT2D eigenvalue weighted by molar-refractivity contribution is 7.17. The highest BCUT2D eigenvalue weighted by Crippen LogP contribution is 2.31. The molecule has 0 aliphatic rings. The Morgan fingerprint density at radius 3 is 2.69 bits per heavy atom. The molecule has 2 aromatic heterocycles. The molecule has 0 fully saturated rings. The molecule has 0 bridgehead atoms. The second-order valence-electron chi connectivity index (χ2n) is 8.24. The van der Waals surface area contributed by atoms with Crippen molar-refractivity contribution in [1.29, 1.82) is 0 Å². The summed E-state index contributed by atoms with van der Waals surface area (Å²) in [5, 5.41) is 6.43. The molecule has 1 N–H and O–H groups in total. The van der Waals surface area contributed by atoms with Crippen LogP contribution < -0.4 is 20.5 Å². The molecule has 2 heterocycles. The van der Waals surface area contributed by atoms with Crippen molar-refractivity contribution in [2.45, 2.75) is 33.4 Å². The largest absolute Gasteiger partial charge is 0.493 e. The number of fused-ring (bicyclic) bond motifs is 1. The van der Waals surface area contributed by atoms with Crippen molar-refractivity contribution in [1.82, 2.24) is 15.0 Å². The quantitative estimate of drug-likeness (QED) is 0.292. The molecular weight excluding hydrogens is 464 g/mol. The van der Waals surface area contributed by atoms with E-state index in [0.29, 0.717) is 21.7 Å². The van der Waals surface area contributed by atoms with E-state index in [9.17, 15) is 9.59 Å². The fourth-order valence-electron chi connectivity index (χ4n) is 3.51. The molecule has 2 aromatic carbocycles. The average molecular weight is 491 g/mol. The maximum absolute atomic E-state index is 13.1. The molecule has 0 saturated heterocycles. The Kier molecular flexibility index (Phi) is 7.26. The number of amides is 1. The van der Waals surface area contributed by atoms with Gasteiger partial charge < -0.3 is 9.47 Å². The molecule has 4 aromatic rings. The lowest BCUT2D eigenvalue weighted by Crippen LogP contribution is -2.30. The summed E-state index contributed by atoms with van der Waals surface area (Å²) in [5.41, 5.74) is 5.80. The molecule has 9 heteroatoms. The molecule has 0 atom stereocenters. The summed E-state index contributed by atoms with van der Waals surface area (Å²) in [7, 11) is 1.56. The summed E-state index contributed by atoms with van der Waals surface area (Å²) in [4.78, 5) is 30.6. The molecular formula is C26H26N4O4S. The van der Waals surface area contributed by atoms with Crippen LogP contribution in [0.5, 0.6) is 11.5 Å². The van der Waals surface area contributed by atoms with Crippen molar-refractivity contribution in [3.05, 3.63) is 75.7 Å². The second-order valence-corrected chi connectivity index (χ2v) is 9.10. The van der Waals surface area contributed by atoms with Gasteiger partial charge in [0.05, 0.1) is 31.1 Å². The van der Waals surface area contributed by atoms with Crippen molar-refractivity contribution in [3.8, 4) is 22.6 Å². The fraction of sp³-hybridized carbons (Fsp3) is 0.231. The van der Waals surface area contributed by atoms with Gasteiger partial charge in [-0.2, -0.15) is 5.10 Å². The summed E-state index contributed by atoms with van der Waals surface area (Å²) in [6.45, 7) is 5.68. The third-order valence-corrected chi connectivity index (χ3v) is 6.08. The van der Waals surface area contributed by atoms with E-state index in [1.165, 1.54) is 28.4 Å². The zero-order chi connectivity index (χ0) is 24.9. The maximum atomic E-state index is 13.1. The van der Waals surface area contributed by atoms with Gasteiger partial charge in [-0.25, -0.2) is 10.4 Å². The number of hydrazone groups is 1. The van der Waals surface area contributed by atoms with Gasteiger partial charge in [0, 0.05) is 10.9 Å². The first-order chi connectivity index (χ1) is 16.9. The number of nitrogens with zero attached hydrogens (tertiary/aromatic N) is 3. The van der Waals surface area contributed by atoms with Crippen molar-refractivity contribution < 1.29 is 14.3 Å². The highest BCUT2D eigenvalue weighted by Gasteiger charge is 2.14. The van der Waals surface area contributed by atoms with Crippen molar-refractivity contribution in [3.63, 3.8) is 0 Å². The average Bonchev–Trinajstić information content (AvgIpc) is 3.27. The standard InChI is InChI=1S/C26H26N4O4S/c1-16(2)34-21-10-7-18(11-22(21)33-4)12-28-29-23(31)13-30-15-27-25-24(26(30)32)20(14-35-25)19-8-5-17(3)6-9-19/h5-12,14-16H,13H2,1-4H3,(H,29,31)/b28-12+. The molecule has 180 valence electrons. The van der Waals surface area contributed by atoms with Crippen LogP contribution in [0.15, 0.2) is 64.1 Å². The minimum atomic E-state index is -0.441. The number of ether oxygens (including phenoxy) is 2. The van der Waals surface area contributed by atoms with Crippen LogP contribution in [0.1, 0.15) is 25.0 Å². The molecule has 0 aliphatic heterocycles. The van der Waals surface area contributed by atoms with E-state index >= 15 is 0 Å². The number of thiophene rings is 1. The minimum Gasteiger partial charge on any atom is -0.493 e. The molecule has 35 heavy (non-hydrogen) atoms. The maximum Gasteiger partial charge on any atom is 0.263 e. The molecule has 1 amide bonds. The van der Waals surface area contributed by atoms with Crippen LogP contribution in [0.2, 0.25) is 0 Å². The van der Waals surface area contributed by atoms with Crippen LogP contribution in [0.25, 0.3) is 21.3 Å². The minimum absolute atomic E-state index is 0.0156. The van der Waals surface area contributed by atoms with E-state index in [0.717, 1.165) is 22.3 Å². The summed E-state index contributed by atoms with van der Waals surface area (Å²) in [6.07, 6.45) is 2.90. The number of hydrogen-bond donors (Lipinski definition) is 1. The van der Waals surface area contributed by atoms with Crippen molar-refractivity contribution >= 4 is 33.7 Å². The highest BCUT2D eigenvalue weighted by atomic mass is 32.1. The Balaban J connectivity index is 1.48. The first kappa shape index (κ1) is 24.2. The molecule has 0 saturated carbocycles. The predicted octanol–water partition coefficient (Wildman–Crippen LogP) is 4.38. The van der Waals surface area contributed by atoms with Gasteiger partial charge in [-0.15, -0.1) is 11.3 Å². The zero-order valence-corrected chi connectivity index (χ0v) is 20.8. The van der Waals surface area contributed by atoms with Gasteiger partial charge in [-0.05, 0) is 50.1 Å². The monoisotopic (exact) mass is 490 g/mol. The summed E-state index contributed by atoms with van der Waals surface area (Å²) >= 11 is 1.41. The van der Waals surface area contributed by atoms with E-state index in [4.69, 9.17) is 9.47 Å². The Hall–Kier alpha value is -3.98. The topological polar surface area (TPSA) is 94.8 Å². The van der Waals surface area contributed by atoms with Crippen LogP contribution in [0.4, 0.5) is 0 Å². The van der Waals surface area contributed by atoms with E-state index in [1.54, 1.807) is 25.3 Å². The lowest BCUT2D eigenvalue weighted by Gasteiger charge is -2.13. The number of nitrogens with one attached hydrogen (secondary N) is 1. The Bertz CT molecular complexity index is 1440. The van der Waals surface area contributed by atoms with Crippen molar-refractivity contribution in [2.75, 3.05) is 7.11 Å². The third kappa shape index (κ3) is 5.58. The van der Waals surface area contributed by atoms with E-state index in [2.05, 4.69) is 15.5 Å². The van der Waals surface area contributed by atoms with Gasteiger partial charge in [0.25, 0.3) is 11.5 Å². The summed E-state index contributed by atoms with van der Waals surface area (Å²) in [5.74, 6) is 0.757. The lowest BCUT2D eigenvalue weighted by molar-refractivity contribution is -0.121. The van der Waals surface area contributed by atoms with Gasteiger partial charge in [0.15, 0.2) is 11.5 Å². The van der Waals surface area contributed by atoms with Gasteiger partial charge in [0.1, 0.15) is 11.4 Å². The normalized spacial score (nSPS) is 11.3. The molecule has 8 nitrogen and oxygen atoms in total. The van der Waals surface area contributed by atoms with Crippen LogP contribution in [-0.2, 0) is 11.3 Å². The number of rotatable bonds is 8. The van der Waals surface area contributed by atoms with E-state index < -0.39 is 5.91 Å². The Morgan fingerprint density at radius 2 is 1.97 bits per heavy atom. The fourth-order valence-corrected chi connectivity index (χ4v) is 4.42. The molecule has 0 unspecified atom stereocenters. The molecule has 0 aliphatic carbocycles. The van der Waals surface area contributed by atoms with Gasteiger partial charge in [0.2, 0.25) is 0 Å². The molecule has 0 radical (unpaired) electrons. The number of aromatic nitrogens is 2. The van der Waals surface area contributed by atoms with Gasteiger partial charge in [-0.3, -0.25) is 14.2 Å². The Labute approximate surface area is 206 Å². The summed E-state index contributed by atoms with van der Waals surface area (Å²) in [6, 6.07) is 13.3. The zero-order valence-electron chi connectivity index (χ0n) is 19.9. The third-order valence-electron chi connectivity index (χ3n) is 5.19. The first-order valence-electron chi connectivity index (χ1n) is 11.1. The van der Waals surface area contributed by atoms with Gasteiger partial charge in [-0.1, -0.05) is 29.8 Å². The van der Waals surface area contributed by atoms with Crippen LogP contribution in [0.3, 0.4) is 0 Å². The van der Waals surface area contributed by atoms with Crippen molar-refractivity contribution in [2.24, 2.45) is 5.10 Å². The first-order valence-corrected chi connectivity index (χ1v) is 11.9. The van der Waals surface area contributed by atoms with Crippen LogP contribution in [0, 0.1) is 6.92 Å². The van der Waals surface area contributed by atoms with E-state index in [1.807, 2.05) is 50.4 Å². The number of benzene rings is 2. The number of methoxy groups -OCH3 is 1. The second kappa shape index (κ2) is 10.5. The number of carbonyl (C=O) groups is 1. The number of carbonyl (C=O) groups excluding carboxylic acids is 1. The van der Waals surface area contributed by atoms with Crippen LogP contribution >= 0.6 is 11.3 Å². The van der Waals surface area contributed by atoms with Crippen LogP contribution in [-0.4, -0.2) is 34.9 Å². The lowest BCUT2D eigenvalue weighted by atomic mass is 10.1. The molecule has 4 rings (SSSR count). The number of hydrogen-bond acceptors (Lipinski definition) is 7. The SMILES string of the molecule is COc1cc(/C=N/NC(=O)Cn2cnc3scc(-c4ccc(C)cc4)c3c2=O)ccc1OC(C)C. The Morgan fingerprint density at radius 1 is 1.20 bits per heavy atom. The number of aryl methyl sites for hydroxylation is 1. The van der Waals surface area contributed by atoms with Gasteiger partial charge >= 0.3 is 0 Å². The smallest absolute Gasteiger partial charge is 0.263 e. The summed E-state index contributed by atoms with van der Waals surface area (Å²) < 4.78 is 12.4.